The summed E-state index contributed by atoms with van der Waals surface area (Å²) >= 11 is 0. The Morgan fingerprint density at radius 2 is 1.92 bits per heavy atom. The number of hydrogen-bond acceptors (Lipinski definition) is 4. The molecule has 2 fully saturated rings. The predicted molar refractivity (Wildman–Crippen MR) is 99.7 cm³/mol. The van der Waals surface area contributed by atoms with Gasteiger partial charge in [-0.15, -0.1) is 0 Å². The van der Waals surface area contributed by atoms with Crippen molar-refractivity contribution in [3.05, 3.63) is 29.8 Å². The lowest BCUT2D eigenvalue weighted by molar-refractivity contribution is -0.141. The van der Waals surface area contributed by atoms with Gasteiger partial charge in [-0.2, -0.15) is 0 Å². The molecule has 2 N–H and O–H groups in total. The lowest BCUT2D eigenvalue weighted by Crippen LogP contribution is -2.46. The van der Waals surface area contributed by atoms with Gasteiger partial charge in [-0.3, -0.25) is 14.5 Å². The highest BCUT2D eigenvalue weighted by molar-refractivity contribution is 5.80. The summed E-state index contributed by atoms with van der Waals surface area (Å²) in [4.78, 5) is 28.4. The number of methoxy groups -OCH3 is 1. The zero-order chi connectivity index (χ0) is 18.5. The smallest absolute Gasteiger partial charge is 0.231 e. The van der Waals surface area contributed by atoms with Gasteiger partial charge in [0.2, 0.25) is 11.8 Å². The van der Waals surface area contributed by atoms with E-state index in [4.69, 9.17) is 10.5 Å². The summed E-state index contributed by atoms with van der Waals surface area (Å²) < 4.78 is 5.35. The molecule has 0 spiro atoms. The highest BCUT2D eigenvalue weighted by Crippen LogP contribution is 2.34. The summed E-state index contributed by atoms with van der Waals surface area (Å²) in [6.45, 7) is 2.63. The third kappa shape index (κ3) is 4.36. The topological polar surface area (TPSA) is 75.9 Å². The maximum absolute atomic E-state index is 13.2. The Bertz CT molecular complexity index is 641. The Morgan fingerprint density at radius 3 is 2.62 bits per heavy atom. The molecular formula is C20H29N3O3. The molecule has 6 heteroatoms. The SMILES string of the molecule is COc1cccc(C2CCCCN2C(=O)C2CCN(CC(N)=O)CC2)c1. The number of likely N-dealkylation sites (tertiary alicyclic amines) is 2. The summed E-state index contributed by atoms with van der Waals surface area (Å²) in [5, 5.41) is 0. The Kier molecular flexibility index (Phi) is 6.14. The molecular weight excluding hydrogens is 330 g/mol. The molecule has 142 valence electrons. The number of carbonyl (C=O) groups excluding carboxylic acids is 2. The van der Waals surface area contributed by atoms with E-state index in [0.29, 0.717) is 0 Å². The van der Waals surface area contributed by atoms with E-state index in [1.54, 1.807) is 7.11 Å². The molecule has 2 amide bonds. The van der Waals surface area contributed by atoms with Crippen molar-refractivity contribution in [3.8, 4) is 5.75 Å². The van der Waals surface area contributed by atoms with E-state index in [1.165, 1.54) is 0 Å². The molecule has 3 rings (SSSR count). The fourth-order valence-corrected chi connectivity index (χ4v) is 4.18. The van der Waals surface area contributed by atoms with Crippen LogP contribution in [-0.2, 0) is 9.59 Å². The first kappa shape index (κ1) is 18.7. The second kappa shape index (κ2) is 8.54. The lowest BCUT2D eigenvalue weighted by Gasteiger charge is -2.40. The molecule has 2 aliphatic rings. The molecule has 2 heterocycles. The normalized spacial score (nSPS) is 22.2. The van der Waals surface area contributed by atoms with Crippen LogP contribution in [-0.4, -0.2) is 54.9 Å². The Morgan fingerprint density at radius 1 is 1.15 bits per heavy atom. The molecule has 26 heavy (non-hydrogen) atoms. The third-order valence-electron chi connectivity index (χ3n) is 5.58. The van der Waals surface area contributed by atoms with Gasteiger partial charge in [0.25, 0.3) is 0 Å². The fraction of sp³-hybridized carbons (Fsp3) is 0.600. The van der Waals surface area contributed by atoms with Crippen molar-refractivity contribution in [1.29, 1.82) is 0 Å². The van der Waals surface area contributed by atoms with Crippen molar-refractivity contribution < 1.29 is 14.3 Å². The third-order valence-corrected chi connectivity index (χ3v) is 5.58. The number of rotatable bonds is 5. The second-order valence-corrected chi connectivity index (χ2v) is 7.34. The van der Waals surface area contributed by atoms with E-state index < -0.39 is 0 Å². The van der Waals surface area contributed by atoms with Crippen LogP contribution < -0.4 is 10.5 Å². The summed E-state index contributed by atoms with van der Waals surface area (Å²) in [6.07, 6.45) is 4.80. The van der Waals surface area contributed by atoms with Gasteiger partial charge >= 0.3 is 0 Å². The molecule has 1 atom stereocenters. The number of carbonyl (C=O) groups is 2. The van der Waals surface area contributed by atoms with Crippen LogP contribution in [0.5, 0.6) is 5.75 Å². The number of ether oxygens (including phenoxy) is 1. The highest BCUT2D eigenvalue weighted by atomic mass is 16.5. The molecule has 6 nitrogen and oxygen atoms in total. The first-order valence-corrected chi connectivity index (χ1v) is 9.53. The maximum Gasteiger partial charge on any atom is 0.231 e. The van der Waals surface area contributed by atoms with Crippen LogP contribution in [0.3, 0.4) is 0 Å². The van der Waals surface area contributed by atoms with Gasteiger partial charge in [0.15, 0.2) is 0 Å². The predicted octanol–water partition coefficient (Wildman–Crippen LogP) is 1.95. The Hall–Kier alpha value is -2.08. The molecule has 1 unspecified atom stereocenters. The van der Waals surface area contributed by atoms with Crippen LogP contribution >= 0.6 is 0 Å². The molecule has 0 aromatic heterocycles. The summed E-state index contributed by atoms with van der Waals surface area (Å²) in [5.41, 5.74) is 6.43. The number of primary amides is 1. The zero-order valence-corrected chi connectivity index (χ0v) is 15.5. The Balaban J connectivity index is 1.67. The van der Waals surface area contributed by atoms with Crippen LogP contribution in [0.15, 0.2) is 24.3 Å². The largest absolute Gasteiger partial charge is 0.497 e. The molecule has 2 aliphatic heterocycles. The van der Waals surface area contributed by atoms with Crippen molar-refractivity contribution in [1.82, 2.24) is 9.80 Å². The number of nitrogens with two attached hydrogens (primary N) is 1. The van der Waals surface area contributed by atoms with Gasteiger partial charge in [-0.1, -0.05) is 12.1 Å². The summed E-state index contributed by atoms with van der Waals surface area (Å²) in [5.74, 6) is 0.839. The fourth-order valence-electron chi connectivity index (χ4n) is 4.18. The monoisotopic (exact) mass is 359 g/mol. The van der Waals surface area contributed by atoms with Crippen LogP contribution in [0.1, 0.15) is 43.7 Å². The minimum absolute atomic E-state index is 0.0466. The number of benzene rings is 1. The maximum atomic E-state index is 13.2. The molecule has 0 aliphatic carbocycles. The highest BCUT2D eigenvalue weighted by Gasteiger charge is 2.34. The molecule has 0 radical (unpaired) electrons. The summed E-state index contributed by atoms with van der Waals surface area (Å²) in [7, 11) is 1.67. The van der Waals surface area contributed by atoms with E-state index in [2.05, 4.69) is 11.0 Å². The van der Waals surface area contributed by atoms with Crippen molar-refractivity contribution in [2.24, 2.45) is 11.7 Å². The van der Waals surface area contributed by atoms with Crippen LogP contribution in [0.2, 0.25) is 0 Å². The van der Waals surface area contributed by atoms with Crippen LogP contribution in [0.25, 0.3) is 0 Å². The quantitative estimate of drug-likeness (QED) is 0.872. The first-order valence-electron chi connectivity index (χ1n) is 9.53. The van der Waals surface area contributed by atoms with Crippen molar-refractivity contribution >= 4 is 11.8 Å². The summed E-state index contributed by atoms with van der Waals surface area (Å²) in [6, 6.07) is 8.20. The van der Waals surface area contributed by atoms with E-state index in [9.17, 15) is 9.59 Å². The number of nitrogens with zero attached hydrogens (tertiary/aromatic N) is 2. The van der Waals surface area contributed by atoms with Crippen LogP contribution in [0.4, 0.5) is 0 Å². The Labute approximate surface area is 155 Å². The van der Waals surface area contributed by atoms with Gasteiger partial charge in [0, 0.05) is 12.5 Å². The number of hydrogen-bond donors (Lipinski definition) is 1. The molecule has 0 saturated carbocycles. The van der Waals surface area contributed by atoms with E-state index >= 15 is 0 Å². The van der Waals surface area contributed by atoms with Gasteiger partial charge < -0.3 is 15.4 Å². The zero-order valence-electron chi connectivity index (χ0n) is 15.5. The van der Waals surface area contributed by atoms with Gasteiger partial charge in [-0.25, -0.2) is 0 Å². The van der Waals surface area contributed by atoms with Crippen molar-refractivity contribution in [3.63, 3.8) is 0 Å². The van der Waals surface area contributed by atoms with E-state index in [1.807, 2.05) is 23.1 Å². The molecule has 1 aromatic rings. The average Bonchev–Trinajstić information content (AvgIpc) is 2.67. The molecule has 0 bridgehead atoms. The lowest BCUT2D eigenvalue weighted by atomic mass is 9.90. The molecule has 1 aromatic carbocycles. The first-order chi connectivity index (χ1) is 12.6. The van der Waals surface area contributed by atoms with E-state index in [-0.39, 0.29) is 30.3 Å². The standard InChI is InChI=1S/C20H29N3O3/c1-26-17-6-4-5-16(13-17)18-7-2-3-10-23(18)20(25)15-8-11-22(12-9-15)14-19(21)24/h4-6,13,15,18H,2-3,7-12,14H2,1H3,(H2,21,24). The van der Waals surface area contributed by atoms with Gasteiger partial charge in [-0.05, 0) is 62.9 Å². The average molecular weight is 359 g/mol. The van der Waals surface area contributed by atoms with Crippen LogP contribution in [0, 0.1) is 5.92 Å². The van der Waals surface area contributed by atoms with Gasteiger partial charge in [0.05, 0.1) is 19.7 Å². The van der Waals surface area contributed by atoms with Gasteiger partial charge in [0.1, 0.15) is 5.75 Å². The second-order valence-electron chi connectivity index (χ2n) is 7.34. The molecule has 2 saturated heterocycles. The van der Waals surface area contributed by atoms with E-state index in [0.717, 1.165) is 63.1 Å². The van der Waals surface area contributed by atoms with Crippen molar-refractivity contribution in [2.45, 2.75) is 38.1 Å². The number of amides is 2. The van der Waals surface area contributed by atoms with Crippen molar-refractivity contribution in [2.75, 3.05) is 33.3 Å². The number of piperidine rings is 2. The minimum atomic E-state index is -0.302. The minimum Gasteiger partial charge on any atom is -0.497 e.